The first-order chi connectivity index (χ1) is 7.72. The number of nitrogens with zero attached hydrogens (tertiary/aromatic N) is 2. The smallest absolute Gasteiger partial charge is 0.125 e. The average Bonchev–Trinajstić information content (AvgIpc) is 2.75. The van der Waals surface area contributed by atoms with E-state index in [1.54, 1.807) is 0 Å². The van der Waals surface area contributed by atoms with Gasteiger partial charge in [0.2, 0.25) is 0 Å². The lowest BCUT2D eigenvalue weighted by Gasteiger charge is -2.15. The highest BCUT2D eigenvalue weighted by Gasteiger charge is 2.09. The van der Waals surface area contributed by atoms with Crippen molar-refractivity contribution in [2.45, 2.75) is 26.7 Å². The Hall–Kier alpha value is -1.09. The Kier molecular flexibility index (Phi) is 5.86. The van der Waals surface area contributed by atoms with Crippen LogP contribution in [0.4, 0.5) is 0 Å². The number of rotatable bonds is 6. The van der Waals surface area contributed by atoms with E-state index in [4.69, 9.17) is 0 Å². The number of allylic oxidation sites excluding steroid dienone is 3. The Morgan fingerprint density at radius 2 is 2.00 bits per heavy atom. The molecule has 3 heteroatoms. The van der Waals surface area contributed by atoms with E-state index in [1.165, 1.54) is 31.5 Å². The molecule has 0 atom stereocenters. The molecule has 1 aliphatic heterocycles. The van der Waals surface area contributed by atoms with Crippen molar-refractivity contribution in [1.82, 2.24) is 10.2 Å². The topological polar surface area (TPSA) is 27.6 Å². The second-order valence-corrected chi connectivity index (χ2v) is 4.43. The Labute approximate surface area is 98.9 Å². The van der Waals surface area contributed by atoms with Gasteiger partial charge in [-0.05, 0) is 52.6 Å². The summed E-state index contributed by atoms with van der Waals surface area (Å²) in [7, 11) is 0. The zero-order chi connectivity index (χ0) is 11.8. The normalized spacial score (nSPS) is 17.2. The third-order valence-electron chi connectivity index (χ3n) is 2.68. The van der Waals surface area contributed by atoms with Crippen LogP contribution in [-0.4, -0.2) is 37.8 Å². The lowest BCUT2D eigenvalue weighted by molar-refractivity contribution is 0.340. The Morgan fingerprint density at radius 1 is 1.31 bits per heavy atom. The van der Waals surface area contributed by atoms with Gasteiger partial charge in [0.1, 0.15) is 5.82 Å². The molecule has 0 amide bonds. The number of likely N-dealkylation sites (tertiary alicyclic amines) is 1. The quantitative estimate of drug-likeness (QED) is 0.550. The number of nitrogens with one attached hydrogen (secondary N) is 1. The van der Waals surface area contributed by atoms with Crippen LogP contribution in [0.1, 0.15) is 26.7 Å². The second kappa shape index (κ2) is 7.23. The van der Waals surface area contributed by atoms with Gasteiger partial charge in [0, 0.05) is 13.1 Å². The molecule has 1 rings (SSSR count). The van der Waals surface area contributed by atoms with Crippen molar-refractivity contribution < 1.29 is 0 Å². The lowest BCUT2D eigenvalue weighted by atomic mass is 10.3. The lowest BCUT2D eigenvalue weighted by Crippen LogP contribution is -2.29. The molecule has 0 aliphatic carbocycles. The summed E-state index contributed by atoms with van der Waals surface area (Å²) in [4.78, 5) is 6.44. The largest absolute Gasteiger partial charge is 0.369 e. The Bertz CT molecular complexity index is 269. The van der Waals surface area contributed by atoms with E-state index in [0.29, 0.717) is 0 Å². The first kappa shape index (κ1) is 13.0. The molecule has 1 fully saturated rings. The number of hydrogen-bond donors (Lipinski definition) is 1. The summed E-state index contributed by atoms with van der Waals surface area (Å²) in [5, 5.41) is 3.30. The molecule has 0 aromatic heterocycles. The van der Waals surface area contributed by atoms with Crippen LogP contribution in [0, 0.1) is 0 Å². The molecule has 90 valence electrons. The first-order valence-corrected chi connectivity index (χ1v) is 6.00. The van der Waals surface area contributed by atoms with Crippen molar-refractivity contribution in [2.24, 2.45) is 4.99 Å². The van der Waals surface area contributed by atoms with Crippen LogP contribution in [0.5, 0.6) is 0 Å². The Morgan fingerprint density at radius 3 is 2.56 bits per heavy atom. The van der Waals surface area contributed by atoms with Crippen molar-refractivity contribution in [3.05, 3.63) is 23.5 Å². The minimum absolute atomic E-state index is 0.861. The number of hydrogen-bond acceptors (Lipinski definition) is 3. The van der Waals surface area contributed by atoms with Gasteiger partial charge in [-0.2, -0.15) is 0 Å². The van der Waals surface area contributed by atoms with E-state index in [-0.39, 0.29) is 0 Å². The fraction of sp³-hybridized carbons (Fsp3) is 0.615. The van der Waals surface area contributed by atoms with E-state index in [0.717, 1.165) is 18.9 Å². The summed E-state index contributed by atoms with van der Waals surface area (Å²) in [6, 6.07) is 0. The van der Waals surface area contributed by atoms with Gasteiger partial charge in [0.05, 0.1) is 0 Å². The van der Waals surface area contributed by atoms with Crippen LogP contribution in [0.2, 0.25) is 0 Å². The van der Waals surface area contributed by atoms with Gasteiger partial charge in [0.25, 0.3) is 0 Å². The van der Waals surface area contributed by atoms with Crippen molar-refractivity contribution in [2.75, 3.05) is 26.2 Å². The Balaban J connectivity index is 2.25. The molecule has 0 aromatic carbocycles. The minimum Gasteiger partial charge on any atom is -0.369 e. The monoisotopic (exact) mass is 221 g/mol. The second-order valence-electron chi connectivity index (χ2n) is 4.43. The molecular formula is C13H23N3. The zero-order valence-corrected chi connectivity index (χ0v) is 10.5. The maximum Gasteiger partial charge on any atom is 0.125 e. The molecule has 0 bridgehead atoms. The van der Waals surface area contributed by atoms with Crippen molar-refractivity contribution in [1.29, 1.82) is 0 Å². The first-order valence-electron chi connectivity index (χ1n) is 6.00. The zero-order valence-electron chi connectivity index (χ0n) is 10.5. The predicted octanol–water partition coefficient (Wildman–Crippen LogP) is 2.18. The third-order valence-corrected chi connectivity index (χ3v) is 2.68. The summed E-state index contributed by atoms with van der Waals surface area (Å²) in [6.45, 7) is 12.2. The van der Waals surface area contributed by atoms with Crippen LogP contribution in [0.3, 0.4) is 0 Å². The van der Waals surface area contributed by atoms with Crippen LogP contribution in [-0.2, 0) is 0 Å². The molecule has 0 aromatic rings. The SMILES string of the molecule is C=N/C(=C\C=C(C)C)NCCN1CCCC1. The van der Waals surface area contributed by atoms with Gasteiger partial charge < -0.3 is 10.2 Å². The molecule has 1 saturated heterocycles. The maximum atomic E-state index is 3.96. The summed E-state index contributed by atoms with van der Waals surface area (Å²) < 4.78 is 0. The van der Waals surface area contributed by atoms with Gasteiger partial charge in [0.15, 0.2) is 0 Å². The maximum absolute atomic E-state index is 3.96. The highest BCUT2D eigenvalue weighted by atomic mass is 15.2. The molecule has 0 unspecified atom stereocenters. The van der Waals surface area contributed by atoms with Gasteiger partial charge in [-0.1, -0.05) is 11.6 Å². The molecule has 1 N–H and O–H groups in total. The summed E-state index contributed by atoms with van der Waals surface area (Å²) >= 11 is 0. The molecule has 0 spiro atoms. The molecule has 0 radical (unpaired) electrons. The van der Waals surface area contributed by atoms with Gasteiger partial charge >= 0.3 is 0 Å². The van der Waals surface area contributed by atoms with Crippen LogP contribution in [0.25, 0.3) is 0 Å². The summed E-state index contributed by atoms with van der Waals surface area (Å²) in [5.41, 5.74) is 1.27. The van der Waals surface area contributed by atoms with Crippen LogP contribution in [0.15, 0.2) is 28.5 Å². The number of aliphatic imine (C=N–C) groups is 1. The highest BCUT2D eigenvalue weighted by molar-refractivity contribution is 5.29. The standard InChI is InChI=1S/C13H23N3/c1-12(2)6-7-13(14-3)15-8-11-16-9-4-5-10-16/h6-7,15H,3-5,8-11H2,1-2H3/b13-7+. The van der Waals surface area contributed by atoms with Crippen LogP contribution < -0.4 is 5.32 Å². The molecule has 16 heavy (non-hydrogen) atoms. The minimum atomic E-state index is 0.861. The average molecular weight is 221 g/mol. The molecule has 3 nitrogen and oxygen atoms in total. The van der Waals surface area contributed by atoms with E-state index in [1.807, 2.05) is 12.2 Å². The highest BCUT2D eigenvalue weighted by Crippen LogP contribution is 2.05. The summed E-state index contributed by atoms with van der Waals surface area (Å²) in [5.74, 6) is 0.861. The van der Waals surface area contributed by atoms with Crippen LogP contribution >= 0.6 is 0 Å². The van der Waals surface area contributed by atoms with Gasteiger partial charge in [-0.3, -0.25) is 0 Å². The van der Waals surface area contributed by atoms with Crippen molar-refractivity contribution >= 4 is 6.72 Å². The predicted molar refractivity (Wildman–Crippen MR) is 70.7 cm³/mol. The van der Waals surface area contributed by atoms with E-state index >= 15 is 0 Å². The molecule has 1 heterocycles. The van der Waals surface area contributed by atoms with E-state index < -0.39 is 0 Å². The van der Waals surface area contributed by atoms with Gasteiger partial charge in [-0.25, -0.2) is 4.99 Å². The van der Waals surface area contributed by atoms with Gasteiger partial charge in [-0.15, -0.1) is 0 Å². The third kappa shape index (κ3) is 5.12. The van der Waals surface area contributed by atoms with Crippen molar-refractivity contribution in [3.63, 3.8) is 0 Å². The fourth-order valence-electron chi connectivity index (χ4n) is 1.76. The fourth-order valence-corrected chi connectivity index (χ4v) is 1.76. The van der Waals surface area contributed by atoms with E-state index in [2.05, 4.69) is 35.8 Å². The molecule has 0 saturated carbocycles. The molecular weight excluding hydrogens is 198 g/mol. The molecule has 1 aliphatic rings. The van der Waals surface area contributed by atoms with E-state index in [9.17, 15) is 0 Å². The van der Waals surface area contributed by atoms with Crippen molar-refractivity contribution in [3.8, 4) is 0 Å². The summed E-state index contributed by atoms with van der Waals surface area (Å²) in [6.07, 6.45) is 6.72.